The number of nitrogens with one attached hydrogen (secondary N) is 1. The summed E-state index contributed by atoms with van der Waals surface area (Å²) in [4.78, 5) is 26.7. The summed E-state index contributed by atoms with van der Waals surface area (Å²) in [6.07, 6.45) is 4.96. The van der Waals surface area contributed by atoms with Gasteiger partial charge in [-0.05, 0) is 49.2 Å². The highest BCUT2D eigenvalue weighted by Gasteiger charge is 2.26. The molecule has 0 spiro atoms. The van der Waals surface area contributed by atoms with Crippen molar-refractivity contribution in [3.63, 3.8) is 0 Å². The molecule has 0 aliphatic carbocycles. The van der Waals surface area contributed by atoms with Crippen molar-refractivity contribution >= 4 is 0 Å². The summed E-state index contributed by atoms with van der Waals surface area (Å²) in [5, 5.41) is 0. The molecule has 1 aliphatic rings. The van der Waals surface area contributed by atoms with E-state index in [-0.39, 0.29) is 11.6 Å². The Bertz CT molecular complexity index is 1020. The van der Waals surface area contributed by atoms with Gasteiger partial charge in [-0.1, -0.05) is 24.6 Å². The average molecular weight is 421 g/mol. The number of hydrogen-bond donors (Lipinski definition) is 1. The van der Waals surface area contributed by atoms with Crippen LogP contribution in [0.3, 0.4) is 0 Å². The predicted octanol–water partition coefficient (Wildman–Crippen LogP) is 3.58. The zero-order chi connectivity index (χ0) is 21.5. The molecule has 2 aromatic heterocycles. The molecule has 0 amide bonds. The van der Waals surface area contributed by atoms with E-state index in [9.17, 15) is 4.79 Å². The van der Waals surface area contributed by atoms with Crippen LogP contribution in [-0.2, 0) is 11.3 Å². The first-order chi connectivity index (χ1) is 15.2. The van der Waals surface area contributed by atoms with Crippen molar-refractivity contribution in [2.45, 2.75) is 31.8 Å². The van der Waals surface area contributed by atoms with Crippen LogP contribution in [0.4, 0.5) is 0 Å². The molecule has 7 heteroatoms. The third-order valence-electron chi connectivity index (χ3n) is 5.49. The molecular weight excluding hydrogens is 392 g/mol. The van der Waals surface area contributed by atoms with Gasteiger partial charge in [0.05, 0.1) is 18.3 Å². The summed E-state index contributed by atoms with van der Waals surface area (Å²) in [7, 11) is 1.66. The minimum atomic E-state index is -0.145. The topological polar surface area (TPSA) is 80.3 Å². The molecule has 4 rings (SSSR count). The maximum atomic E-state index is 12.4. The van der Waals surface area contributed by atoms with Crippen molar-refractivity contribution in [1.29, 1.82) is 0 Å². The normalized spacial score (nSPS) is 16.9. The van der Waals surface area contributed by atoms with Gasteiger partial charge in [0.2, 0.25) is 0 Å². The fourth-order valence-corrected chi connectivity index (χ4v) is 3.95. The number of aromatic amines is 1. The number of methoxy groups -OCH3 is 1. The van der Waals surface area contributed by atoms with E-state index in [1.165, 1.54) is 5.56 Å². The second kappa shape index (κ2) is 10.3. The Kier molecular flexibility index (Phi) is 7.07. The zero-order valence-electron chi connectivity index (χ0n) is 17.8. The average Bonchev–Trinajstić information content (AvgIpc) is 2.81. The third-order valence-corrected chi connectivity index (χ3v) is 5.49. The van der Waals surface area contributed by atoms with Crippen LogP contribution < -0.4 is 10.3 Å². The lowest BCUT2D eigenvalue weighted by molar-refractivity contribution is 0.137. The fourth-order valence-electron chi connectivity index (χ4n) is 3.95. The molecule has 162 valence electrons. The number of nitrogens with zero attached hydrogens (tertiary/aromatic N) is 3. The fraction of sp³-hybridized carbons (Fsp3) is 0.375. The van der Waals surface area contributed by atoms with Crippen molar-refractivity contribution in [2.75, 3.05) is 26.9 Å². The molecule has 1 aromatic carbocycles. The van der Waals surface area contributed by atoms with Gasteiger partial charge in [0.15, 0.2) is 5.82 Å². The quantitative estimate of drug-likeness (QED) is 0.561. The van der Waals surface area contributed by atoms with E-state index in [1.54, 1.807) is 19.4 Å². The Morgan fingerprint density at radius 1 is 1.13 bits per heavy atom. The number of ether oxygens (including phenoxy) is 2. The van der Waals surface area contributed by atoms with E-state index in [4.69, 9.17) is 14.5 Å². The summed E-state index contributed by atoms with van der Waals surface area (Å²) in [5.41, 5.74) is 2.55. The van der Waals surface area contributed by atoms with Gasteiger partial charge in [-0.15, -0.1) is 0 Å². The Hall–Kier alpha value is -3.03. The second-order valence-electron chi connectivity index (χ2n) is 7.70. The van der Waals surface area contributed by atoms with Crippen molar-refractivity contribution in [1.82, 2.24) is 19.9 Å². The van der Waals surface area contributed by atoms with Gasteiger partial charge in [-0.3, -0.25) is 14.7 Å². The van der Waals surface area contributed by atoms with Crippen molar-refractivity contribution in [3.05, 3.63) is 76.3 Å². The molecule has 1 saturated heterocycles. The molecule has 1 atom stereocenters. The Balaban J connectivity index is 1.52. The van der Waals surface area contributed by atoms with E-state index >= 15 is 0 Å². The molecule has 3 heterocycles. The minimum Gasteiger partial charge on any atom is -0.491 e. The molecule has 0 saturated carbocycles. The Morgan fingerprint density at radius 3 is 2.77 bits per heavy atom. The zero-order valence-corrected chi connectivity index (χ0v) is 17.8. The van der Waals surface area contributed by atoms with E-state index in [0.717, 1.165) is 43.8 Å². The largest absolute Gasteiger partial charge is 0.491 e. The number of aromatic nitrogens is 3. The summed E-state index contributed by atoms with van der Waals surface area (Å²) in [6, 6.07) is 15.5. The number of likely N-dealkylation sites (tertiary alicyclic amines) is 1. The lowest BCUT2D eigenvalue weighted by Crippen LogP contribution is -2.34. The van der Waals surface area contributed by atoms with Crippen LogP contribution in [0.1, 0.15) is 36.6 Å². The molecule has 7 nitrogen and oxygen atoms in total. The highest BCUT2D eigenvalue weighted by Crippen LogP contribution is 2.31. The number of piperidine rings is 1. The number of pyridine rings is 1. The second-order valence-corrected chi connectivity index (χ2v) is 7.70. The molecule has 1 aliphatic heterocycles. The van der Waals surface area contributed by atoms with E-state index in [1.807, 2.05) is 30.3 Å². The molecule has 1 N–H and O–H groups in total. The molecule has 0 bridgehead atoms. The smallest absolute Gasteiger partial charge is 0.251 e. The lowest BCUT2D eigenvalue weighted by atomic mass is 9.98. The van der Waals surface area contributed by atoms with Crippen molar-refractivity contribution in [3.8, 4) is 17.3 Å². The van der Waals surface area contributed by atoms with Crippen LogP contribution in [0.5, 0.6) is 5.75 Å². The molecule has 3 aromatic rings. The van der Waals surface area contributed by atoms with Crippen LogP contribution in [0.25, 0.3) is 11.5 Å². The molecule has 0 radical (unpaired) electrons. The van der Waals surface area contributed by atoms with E-state index in [2.05, 4.69) is 27.0 Å². The SMILES string of the molecule is COCCOc1ccc(CN2CCCC[C@H]2c2cc(=O)[nH]c(-c3ccccn3)n2)cc1. The summed E-state index contributed by atoms with van der Waals surface area (Å²) < 4.78 is 10.7. The van der Waals surface area contributed by atoms with Crippen LogP contribution in [0, 0.1) is 0 Å². The van der Waals surface area contributed by atoms with Gasteiger partial charge in [-0.25, -0.2) is 4.98 Å². The molecule has 1 fully saturated rings. The lowest BCUT2D eigenvalue weighted by Gasteiger charge is -2.35. The summed E-state index contributed by atoms with van der Waals surface area (Å²) in [5.74, 6) is 1.36. The van der Waals surface area contributed by atoms with Crippen LogP contribution in [0.15, 0.2) is 59.5 Å². The highest BCUT2D eigenvalue weighted by atomic mass is 16.5. The molecular formula is C24H28N4O3. The third kappa shape index (κ3) is 5.57. The number of hydrogen-bond acceptors (Lipinski definition) is 6. The first-order valence-corrected chi connectivity index (χ1v) is 10.7. The monoisotopic (exact) mass is 420 g/mol. The van der Waals surface area contributed by atoms with Crippen molar-refractivity contribution in [2.24, 2.45) is 0 Å². The maximum Gasteiger partial charge on any atom is 0.251 e. The maximum absolute atomic E-state index is 12.4. The first-order valence-electron chi connectivity index (χ1n) is 10.7. The van der Waals surface area contributed by atoms with Gasteiger partial charge in [-0.2, -0.15) is 0 Å². The van der Waals surface area contributed by atoms with E-state index in [0.29, 0.717) is 24.7 Å². The predicted molar refractivity (Wildman–Crippen MR) is 119 cm³/mol. The van der Waals surface area contributed by atoms with Gasteiger partial charge in [0.25, 0.3) is 5.56 Å². The number of rotatable bonds is 8. The van der Waals surface area contributed by atoms with Gasteiger partial charge in [0.1, 0.15) is 18.1 Å². The number of benzene rings is 1. The van der Waals surface area contributed by atoms with Gasteiger partial charge >= 0.3 is 0 Å². The van der Waals surface area contributed by atoms with Crippen LogP contribution in [-0.4, -0.2) is 46.7 Å². The summed E-state index contributed by atoms with van der Waals surface area (Å²) in [6.45, 7) is 2.89. The minimum absolute atomic E-state index is 0.108. The Labute approximate surface area is 182 Å². The highest BCUT2D eigenvalue weighted by molar-refractivity contribution is 5.48. The van der Waals surface area contributed by atoms with Gasteiger partial charge < -0.3 is 14.5 Å². The van der Waals surface area contributed by atoms with Crippen LogP contribution in [0.2, 0.25) is 0 Å². The molecule has 31 heavy (non-hydrogen) atoms. The van der Waals surface area contributed by atoms with E-state index < -0.39 is 0 Å². The summed E-state index contributed by atoms with van der Waals surface area (Å²) >= 11 is 0. The standard InChI is InChI=1S/C24H28N4O3/c1-30-14-15-31-19-10-8-18(9-11-19)17-28-13-5-3-7-22(28)21-16-23(29)27-24(26-21)20-6-2-4-12-25-20/h2,4,6,8-12,16,22H,3,5,7,13-15,17H2,1H3,(H,26,27,29)/t22-/m0/s1. The first kappa shape index (κ1) is 21.2. The van der Waals surface area contributed by atoms with Crippen LogP contribution >= 0.6 is 0 Å². The van der Waals surface area contributed by atoms with Crippen molar-refractivity contribution < 1.29 is 9.47 Å². The number of H-pyrrole nitrogens is 1. The molecule has 0 unspecified atom stereocenters. The van der Waals surface area contributed by atoms with Gasteiger partial charge in [0, 0.05) is 25.9 Å². The Morgan fingerprint density at radius 2 is 2.00 bits per heavy atom.